The molecule has 0 spiro atoms. The summed E-state index contributed by atoms with van der Waals surface area (Å²) in [4.78, 5) is 32.1. The Kier molecular flexibility index (Phi) is 4.16. The zero-order valence-electron chi connectivity index (χ0n) is 12.0. The number of piperazine rings is 1. The zero-order chi connectivity index (χ0) is 14.8. The van der Waals surface area contributed by atoms with Crippen molar-refractivity contribution in [3.05, 3.63) is 18.2 Å². The van der Waals surface area contributed by atoms with Gasteiger partial charge in [0.15, 0.2) is 0 Å². The van der Waals surface area contributed by atoms with E-state index in [1.54, 1.807) is 11.1 Å². The van der Waals surface area contributed by atoms with Crippen LogP contribution in [0, 0.1) is 0 Å². The smallest absolute Gasteiger partial charge is 0.282 e. The highest BCUT2D eigenvalue weighted by atomic mass is 32.2. The van der Waals surface area contributed by atoms with Gasteiger partial charge in [-0.1, -0.05) is 11.8 Å². The molecule has 1 unspecified atom stereocenters. The van der Waals surface area contributed by atoms with Gasteiger partial charge in [-0.05, 0) is 0 Å². The van der Waals surface area contributed by atoms with Gasteiger partial charge in [0.05, 0.1) is 0 Å². The second-order valence-corrected chi connectivity index (χ2v) is 6.29. The second-order valence-electron chi connectivity index (χ2n) is 5.24. The maximum Gasteiger partial charge on any atom is 0.282 e. The van der Waals surface area contributed by atoms with Crippen LogP contribution in [0.25, 0.3) is 0 Å². The lowest BCUT2D eigenvalue weighted by Crippen LogP contribution is -2.52. The Bertz CT molecular complexity index is 546. The van der Waals surface area contributed by atoms with Gasteiger partial charge in [-0.2, -0.15) is 0 Å². The molecular formula is C13H19N5O2S. The number of aryl methyl sites for hydroxylation is 1. The largest absolute Gasteiger partial charge is 0.336 e. The monoisotopic (exact) mass is 309 g/mol. The lowest BCUT2D eigenvalue weighted by atomic mass is 10.1. The molecule has 7 nitrogen and oxygen atoms in total. The van der Waals surface area contributed by atoms with Crippen molar-refractivity contribution >= 4 is 22.9 Å². The van der Waals surface area contributed by atoms with Gasteiger partial charge < -0.3 is 19.7 Å². The molecular weight excluding hydrogens is 290 g/mol. The third kappa shape index (κ3) is 2.91. The Hall–Kier alpha value is -1.54. The van der Waals surface area contributed by atoms with E-state index in [2.05, 4.69) is 10.3 Å². The van der Waals surface area contributed by atoms with E-state index in [9.17, 15) is 9.59 Å². The molecule has 0 radical (unpaired) electrons. The maximum atomic E-state index is 12.6. The highest BCUT2D eigenvalue weighted by molar-refractivity contribution is 8.13. The second kappa shape index (κ2) is 6.07. The van der Waals surface area contributed by atoms with Crippen molar-refractivity contribution in [2.75, 3.05) is 38.5 Å². The lowest BCUT2D eigenvalue weighted by molar-refractivity contribution is -0.135. The van der Waals surface area contributed by atoms with Crippen LogP contribution in [0.5, 0.6) is 0 Å². The fourth-order valence-corrected chi connectivity index (χ4v) is 3.58. The molecule has 1 aromatic heterocycles. The molecule has 1 atom stereocenters. The van der Waals surface area contributed by atoms with Crippen molar-refractivity contribution in [2.24, 2.45) is 7.05 Å². The fourth-order valence-electron chi connectivity index (χ4n) is 2.76. The van der Waals surface area contributed by atoms with Crippen molar-refractivity contribution < 1.29 is 9.59 Å². The topological polar surface area (TPSA) is 70.5 Å². The van der Waals surface area contributed by atoms with Gasteiger partial charge >= 0.3 is 0 Å². The van der Waals surface area contributed by atoms with E-state index >= 15 is 0 Å². The first kappa shape index (κ1) is 14.4. The van der Waals surface area contributed by atoms with Crippen LogP contribution < -0.4 is 5.32 Å². The third-order valence-electron chi connectivity index (χ3n) is 3.89. The van der Waals surface area contributed by atoms with Gasteiger partial charge in [0.1, 0.15) is 18.4 Å². The number of nitrogens with zero attached hydrogens (tertiary/aromatic N) is 4. The summed E-state index contributed by atoms with van der Waals surface area (Å²) < 4.78 is 1.94. The van der Waals surface area contributed by atoms with Crippen molar-refractivity contribution in [1.29, 1.82) is 0 Å². The van der Waals surface area contributed by atoms with Crippen molar-refractivity contribution in [3.63, 3.8) is 0 Å². The molecule has 0 aliphatic carbocycles. The van der Waals surface area contributed by atoms with E-state index in [-0.39, 0.29) is 23.7 Å². The van der Waals surface area contributed by atoms with Crippen molar-refractivity contribution in [1.82, 2.24) is 24.7 Å². The van der Waals surface area contributed by atoms with E-state index in [0.717, 1.165) is 18.1 Å². The van der Waals surface area contributed by atoms with Gasteiger partial charge in [-0.3, -0.25) is 9.59 Å². The Morgan fingerprint density at radius 1 is 1.52 bits per heavy atom. The van der Waals surface area contributed by atoms with Crippen LogP contribution in [-0.4, -0.2) is 69.0 Å². The quantitative estimate of drug-likeness (QED) is 0.855. The van der Waals surface area contributed by atoms with Gasteiger partial charge in [0, 0.05) is 51.4 Å². The molecule has 114 valence electrons. The molecule has 8 heteroatoms. The normalized spacial score (nSPS) is 22.9. The zero-order valence-corrected chi connectivity index (χ0v) is 12.8. The van der Waals surface area contributed by atoms with E-state index in [1.807, 2.05) is 22.7 Å². The molecule has 3 heterocycles. The predicted molar refractivity (Wildman–Crippen MR) is 80.0 cm³/mol. The van der Waals surface area contributed by atoms with Gasteiger partial charge in [0.25, 0.3) is 5.24 Å². The minimum absolute atomic E-state index is 0.000324. The Morgan fingerprint density at radius 3 is 3.05 bits per heavy atom. The molecule has 0 bridgehead atoms. The molecule has 0 aromatic carbocycles. The Labute approximate surface area is 127 Å². The SMILES string of the molecule is Cn1ccnc1C1CNCCN1C(=O)CN1CCSC1=O. The van der Waals surface area contributed by atoms with Crippen molar-refractivity contribution in [2.45, 2.75) is 6.04 Å². The van der Waals surface area contributed by atoms with Gasteiger partial charge in [-0.25, -0.2) is 4.98 Å². The first-order valence-electron chi connectivity index (χ1n) is 7.06. The molecule has 2 aliphatic heterocycles. The fraction of sp³-hybridized carbons (Fsp3) is 0.615. The number of thioether (sulfide) groups is 1. The summed E-state index contributed by atoms with van der Waals surface area (Å²) in [5, 5.41) is 3.31. The van der Waals surface area contributed by atoms with Crippen LogP contribution in [0.2, 0.25) is 0 Å². The number of imidazole rings is 1. The van der Waals surface area contributed by atoms with Crippen LogP contribution in [0.4, 0.5) is 4.79 Å². The Balaban J connectivity index is 1.73. The maximum absolute atomic E-state index is 12.6. The van der Waals surface area contributed by atoms with Gasteiger partial charge in [0.2, 0.25) is 5.91 Å². The number of nitrogens with one attached hydrogen (secondary N) is 1. The average molecular weight is 309 g/mol. The summed E-state index contributed by atoms with van der Waals surface area (Å²) in [6.45, 7) is 2.95. The van der Waals surface area contributed by atoms with Crippen LogP contribution in [-0.2, 0) is 11.8 Å². The molecule has 2 amide bonds. The predicted octanol–water partition coefficient (Wildman–Crippen LogP) is 0.0618. The number of hydrogen-bond donors (Lipinski definition) is 1. The summed E-state index contributed by atoms with van der Waals surface area (Å²) in [7, 11) is 1.93. The molecule has 2 fully saturated rings. The van der Waals surface area contributed by atoms with Gasteiger partial charge in [-0.15, -0.1) is 0 Å². The average Bonchev–Trinajstić information content (AvgIpc) is 3.08. The summed E-state index contributed by atoms with van der Waals surface area (Å²) in [6.07, 6.45) is 3.63. The summed E-state index contributed by atoms with van der Waals surface area (Å²) in [5.74, 6) is 1.65. The molecule has 1 aromatic rings. The molecule has 2 aliphatic rings. The molecule has 21 heavy (non-hydrogen) atoms. The highest BCUT2D eigenvalue weighted by Gasteiger charge is 2.32. The minimum Gasteiger partial charge on any atom is -0.336 e. The first-order valence-corrected chi connectivity index (χ1v) is 8.04. The Morgan fingerprint density at radius 2 is 2.38 bits per heavy atom. The number of aromatic nitrogens is 2. The molecule has 1 N–H and O–H groups in total. The number of carbonyl (C=O) groups is 2. The van der Waals surface area contributed by atoms with Crippen LogP contribution >= 0.6 is 11.8 Å². The summed E-state index contributed by atoms with van der Waals surface area (Å²) >= 11 is 1.28. The van der Waals surface area contributed by atoms with E-state index in [1.165, 1.54) is 11.8 Å². The van der Waals surface area contributed by atoms with Crippen molar-refractivity contribution in [3.8, 4) is 0 Å². The number of carbonyl (C=O) groups excluding carboxylic acids is 2. The van der Waals surface area contributed by atoms with Crippen LogP contribution in [0.3, 0.4) is 0 Å². The van der Waals surface area contributed by atoms with Crippen LogP contribution in [0.1, 0.15) is 11.9 Å². The summed E-state index contributed by atoms with van der Waals surface area (Å²) in [6, 6.07) is -0.0726. The van der Waals surface area contributed by atoms with E-state index in [4.69, 9.17) is 0 Å². The third-order valence-corrected chi connectivity index (χ3v) is 4.78. The molecule has 2 saturated heterocycles. The number of hydrogen-bond acceptors (Lipinski definition) is 5. The summed E-state index contributed by atoms with van der Waals surface area (Å²) in [5.41, 5.74) is 0. The van der Waals surface area contributed by atoms with E-state index in [0.29, 0.717) is 19.6 Å². The first-order chi connectivity index (χ1) is 10.2. The number of rotatable bonds is 3. The molecule has 3 rings (SSSR count). The van der Waals surface area contributed by atoms with E-state index < -0.39 is 0 Å². The molecule has 0 saturated carbocycles. The number of amides is 2. The lowest BCUT2D eigenvalue weighted by Gasteiger charge is -2.36. The minimum atomic E-state index is -0.0726. The van der Waals surface area contributed by atoms with Crippen LogP contribution in [0.15, 0.2) is 12.4 Å². The standard InChI is InChI=1S/C13H19N5O2S/c1-16-4-3-15-12(16)10-8-14-2-5-18(10)11(19)9-17-6-7-21-13(17)20/h3-4,10,14H,2,5-9H2,1H3. The highest BCUT2D eigenvalue weighted by Crippen LogP contribution is 2.22.